The molecule has 1 saturated heterocycles. The van der Waals surface area contributed by atoms with E-state index in [-0.39, 0.29) is 12.5 Å². The lowest BCUT2D eigenvalue weighted by molar-refractivity contribution is -0.129. The quantitative estimate of drug-likeness (QED) is 0.717. The largest absolute Gasteiger partial charge is 0.379 e. The third kappa shape index (κ3) is 6.05. The molecule has 1 aliphatic heterocycles. The van der Waals surface area contributed by atoms with Gasteiger partial charge in [-0.15, -0.1) is 0 Å². The van der Waals surface area contributed by atoms with Gasteiger partial charge in [-0.05, 0) is 31.0 Å². The highest BCUT2D eigenvalue weighted by Crippen LogP contribution is 2.16. The molecule has 0 aliphatic carbocycles. The number of nitrogens with one attached hydrogen (secondary N) is 1. The van der Waals surface area contributed by atoms with Gasteiger partial charge in [0.15, 0.2) is 0 Å². The molecule has 7 nitrogen and oxygen atoms in total. The zero-order chi connectivity index (χ0) is 19.2. The van der Waals surface area contributed by atoms with E-state index in [0.29, 0.717) is 23.5 Å². The molecule has 2 rings (SSSR count). The molecular formula is C18H29N3O4S. The van der Waals surface area contributed by atoms with E-state index in [1.165, 1.54) is 6.92 Å². The maximum absolute atomic E-state index is 12.5. The van der Waals surface area contributed by atoms with Crippen LogP contribution in [0.4, 0.5) is 0 Å². The molecule has 146 valence electrons. The number of nitrogens with zero attached hydrogens (tertiary/aromatic N) is 2. The smallest absolute Gasteiger partial charge is 0.240 e. The molecule has 0 radical (unpaired) electrons. The van der Waals surface area contributed by atoms with Crippen molar-refractivity contribution in [3.8, 4) is 0 Å². The standard InChI is InChI=1S/C18H29N3O4S/c1-15-4-5-16(2)18(14-15)26(23,24)19-6-7-21(17(3)22)9-8-20-10-12-25-13-11-20/h4-5,14,19H,6-13H2,1-3H3. The van der Waals surface area contributed by atoms with Crippen LogP contribution < -0.4 is 4.72 Å². The first kappa shape index (κ1) is 20.8. The first-order valence-corrected chi connectivity index (χ1v) is 10.4. The molecule has 26 heavy (non-hydrogen) atoms. The Morgan fingerprint density at radius 3 is 2.58 bits per heavy atom. The first-order valence-electron chi connectivity index (χ1n) is 8.92. The molecule has 0 atom stereocenters. The average Bonchev–Trinajstić information content (AvgIpc) is 2.60. The summed E-state index contributed by atoms with van der Waals surface area (Å²) in [6.07, 6.45) is 0. The maximum Gasteiger partial charge on any atom is 0.240 e. The SMILES string of the molecule is CC(=O)N(CCNS(=O)(=O)c1cc(C)ccc1C)CCN1CCOCC1. The molecule has 1 amide bonds. The van der Waals surface area contributed by atoms with Crippen LogP contribution in [-0.4, -0.2) is 76.6 Å². The summed E-state index contributed by atoms with van der Waals surface area (Å²) in [5.41, 5.74) is 1.60. The molecule has 0 saturated carbocycles. The maximum atomic E-state index is 12.5. The zero-order valence-corrected chi connectivity index (χ0v) is 16.6. The third-order valence-electron chi connectivity index (χ3n) is 4.54. The van der Waals surface area contributed by atoms with E-state index in [0.717, 1.165) is 38.4 Å². The minimum Gasteiger partial charge on any atom is -0.379 e. The molecule has 0 spiro atoms. The lowest BCUT2D eigenvalue weighted by Gasteiger charge is -2.29. The van der Waals surface area contributed by atoms with Crippen LogP contribution in [0, 0.1) is 13.8 Å². The number of ether oxygens (including phenoxy) is 1. The van der Waals surface area contributed by atoms with E-state index >= 15 is 0 Å². The Morgan fingerprint density at radius 1 is 1.23 bits per heavy atom. The number of sulfonamides is 1. The molecule has 8 heteroatoms. The van der Waals surface area contributed by atoms with Crippen LogP contribution in [0.1, 0.15) is 18.1 Å². The van der Waals surface area contributed by atoms with Crippen molar-refractivity contribution in [1.29, 1.82) is 0 Å². The van der Waals surface area contributed by atoms with Crippen LogP contribution in [0.2, 0.25) is 0 Å². The second kappa shape index (κ2) is 9.45. The fourth-order valence-corrected chi connectivity index (χ4v) is 4.25. The van der Waals surface area contributed by atoms with Gasteiger partial charge in [-0.1, -0.05) is 12.1 Å². The molecule has 1 fully saturated rings. The molecule has 1 aromatic rings. The lowest BCUT2D eigenvalue weighted by Crippen LogP contribution is -2.44. The second-order valence-electron chi connectivity index (χ2n) is 6.63. The summed E-state index contributed by atoms with van der Waals surface area (Å²) < 4.78 is 33.0. The van der Waals surface area contributed by atoms with Crippen molar-refractivity contribution in [3.63, 3.8) is 0 Å². The van der Waals surface area contributed by atoms with E-state index in [2.05, 4.69) is 9.62 Å². The van der Waals surface area contributed by atoms with E-state index < -0.39 is 10.0 Å². The van der Waals surface area contributed by atoms with Gasteiger partial charge < -0.3 is 9.64 Å². The summed E-state index contributed by atoms with van der Waals surface area (Å²) in [5, 5.41) is 0. The average molecular weight is 384 g/mol. The second-order valence-corrected chi connectivity index (χ2v) is 8.36. The number of carbonyl (C=O) groups is 1. The van der Waals surface area contributed by atoms with Gasteiger partial charge in [-0.25, -0.2) is 13.1 Å². The predicted molar refractivity (Wildman–Crippen MR) is 101 cm³/mol. The molecule has 1 aromatic carbocycles. The van der Waals surface area contributed by atoms with Gasteiger partial charge in [0, 0.05) is 46.2 Å². The van der Waals surface area contributed by atoms with Crippen LogP contribution in [0.15, 0.2) is 23.1 Å². The first-order chi connectivity index (χ1) is 12.3. The minimum absolute atomic E-state index is 0.0517. The van der Waals surface area contributed by atoms with Crippen molar-refractivity contribution in [3.05, 3.63) is 29.3 Å². The molecule has 1 aliphatic rings. The Labute approximate surface area is 156 Å². The fourth-order valence-electron chi connectivity index (χ4n) is 2.90. The van der Waals surface area contributed by atoms with Crippen LogP contribution in [-0.2, 0) is 19.6 Å². The number of rotatable bonds is 8. The highest BCUT2D eigenvalue weighted by molar-refractivity contribution is 7.89. The van der Waals surface area contributed by atoms with Crippen LogP contribution >= 0.6 is 0 Å². The van der Waals surface area contributed by atoms with Crippen molar-refractivity contribution in [2.45, 2.75) is 25.7 Å². The van der Waals surface area contributed by atoms with Crippen LogP contribution in [0.5, 0.6) is 0 Å². The van der Waals surface area contributed by atoms with Gasteiger partial charge in [0.05, 0.1) is 18.1 Å². The lowest BCUT2D eigenvalue weighted by atomic mass is 10.2. The van der Waals surface area contributed by atoms with Crippen molar-refractivity contribution in [1.82, 2.24) is 14.5 Å². The van der Waals surface area contributed by atoms with E-state index in [9.17, 15) is 13.2 Å². The number of hydrogen-bond donors (Lipinski definition) is 1. The summed E-state index contributed by atoms with van der Waals surface area (Å²) in [6.45, 7) is 10.2. The van der Waals surface area contributed by atoms with Gasteiger partial charge >= 0.3 is 0 Å². The number of morpholine rings is 1. The third-order valence-corrected chi connectivity index (χ3v) is 6.15. The number of aryl methyl sites for hydroxylation is 2. The summed E-state index contributed by atoms with van der Waals surface area (Å²) >= 11 is 0. The minimum atomic E-state index is -3.59. The normalized spacial score (nSPS) is 15.8. The van der Waals surface area contributed by atoms with E-state index in [1.807, 2.05) is 13.0 Å². The molecule has 0 bridgehead atoms. The van der Waals surface area contributed by atoms with Crippen molar-refractivity contribution >= 4 is 15.9 Å². The highest BCUT2D eigenvalue weighted by atomic mass is 32.2. The Balaban J connectivity index is 1.88. The topological polar surface area (TPSA) is 79.0 Å². The number of hydrogen-bond acceptors (Lipinski definition) is 5. The molecule has 1 heterocycles. The van der Waals surface area contributed by atoms with Crippen LogP contribution in [0.3, 0.4) is 0 Å². The Hall–Kier alpha value is -1.48. The molecule has 0 unspecified atom stereocenters. The Bertz CT molecular complexity index is 715. The van der Waals surface area contributed by atoms with Gasteiger partial charge in [-0.3, -0.25) is 9.69 Å². The zero-order valence-electron chi connectivity index (χ0n) is 15.8. The molecular weight excluding hydrogens is 354 g/mol. The van der Waals surface area contributed by atoms with Crippen molar-refractivity contribution in [2.75, 3.05) is 52.5 Å². The molecule has 0 aromatic heterocycles. The summed E-state index contributed by atoms with van der Waals surface area (Å²) in [5.74, 6) is -0.0517. The van der Waals surface area contributed by atoms with Crippen molar-refractivity contribution in [2.24, 2.45) is 0 Å². The summed E-state index contributed by atoms with van der Waals surface area (Å²) in [4.78, 5) is 16.1. The monoisotopic (exact) mass is 383 g/mol. The molecule has 1 N–H and O–H groups in total. The highest BCUT2D eigenvalue weighted by Gasteiger charge is 2.18. The van der Waals surface area contributed by atoms with Gasteiger partial charge in [0.25, 0.3) is 0 Å². The predicted octanol–water partition coefficient (Wildman–Crippen LogP) is 0.762. The van der Waals surface area contributed by atoms with Crippen LogP contribution in [0.25, 0.3) is 0 Å². The van der Waals surface area contributed by atoms with Gasteiger partial charge in [0.2, 0.25) is 15.9 Å². The van der Waals surface area contributed by atoms with E-state index in [4.69, 9.17) is 4.74 Å². The van der Waals surface area contributed by atoms with Gasteiger partial charge in [0.1, 0.15) is 0 Å². The Morgan fingerprint density at radius 2 is 1.92 bits per heavy atom. The number of amides is 1. The fraction of sp³-hybridized carbons (Fsp3) is 0.611. The Kier molecular flexibility index (Phi) is 7.57. The number of benzene rings is 1. The summed E-state index contributed by atoms with van der Waals surface area (Å²) in [6, 6.07) is 5.35. The van der Waals surface area contributed by atoms with E-state index in [1.54, 1.807) is 24.0 Å². The summed E-state index contributed by atoms with van der Waals surface area (Å²) in [7, 11) is -3.59. The number of carbonyl (C=O) groups excluding carboxylic acids is 1. The van der Waals surface area contributed by atoms with Crippen molar-refractivity contribution < 1.29 is 17.9 Å². The van der Waals surface area contributed by atoms with Gasteiger partial charge in [-0.2, -0.15) is 0 Å².